The van der Waals surface area contributed by atoms with Gasteiger partial charge in [0.15, 0.2) is 0 Å². The fourth-order valence-electron chi connectivity index (χ4n) is 3.24. The molecule has 0 saturated heterocycles. The zero-order valence-electron chi connectivity index (χ0n) is 13.9. The van der Waals surface area contributed by atoms with Crippen molar-refractivity contribution in [3.63, 3.8) is 0 Å². The highest BCUT2D eigenvalue weighted by Crippen LogP contribution is 2.36. The Balaban J connectivity index is 1.56. The summed E-state index contributed by atoms with van der Waals surface area (Å²) in [4.78, 5) is 5.35. The predicted molar refractivity (Wildman–Crippen MR) is 101 cm³/mol. The summed E-state index contributed by atoms with van der Waals surface area (Å²) in [7, 11) is -3.65. The second kappa shape index (κ2) is 5.42. The average Bonchev–Trinajstić information content (AvgIpc) is 3.37. The van der Waals surface area contributed by atoms with E-state index in [1.807, 2.05) is 41.8 Å². The van der Waals surface area contributed by atoms with Gasteiger partial charge in [0.05, 0.1) is 22.5 Å². The van der Waals surface area contributed by atoms with E-state index < -0.39 is 10.0 Å². The van der Waals surface area contributed by atoms with E-state index in [0.717, 1.165) is 27.3 Å². The highest BCUT2D eigenvalue weighted by atomic mass is 32.2. The number of sulfonamides is 1. The average molecular weight is 385 g/mol. The first-order valence-electron chi connectivity index (χ1n) is 8.14. The first kappa shape index (κ1) is 15.6. The molecule has 0 radical (unpaired) electrons. The number of anilines is 1. The molecule has 3 aromatic heterocycles. The minimum atomic E-state index is -3.65. The normalized spacial score (nSPS) is 14.3. The van der Waals surface area contributed by atoms with E-state index >= 15 is 0 Å². The fraction of sp³-hybridized carbons (Fsp3) is 0.176. The molecule has 4 heterocycles. The molecular formula is C17H15N5O2S2. The number of imidazole rings is 1. The molecule has 0 bridgehead atoms. The summed E-state index contributed by atoms with van der Waals surface area (Å²) in [6, 6.07) is 13.0. The number of hydrogen-bond donors (Lipinski definition) is 1. The fourth-order valence-corrected chi connectivity index (χ4v) is 6.03. The summed E-state index contributed by atoms with van der Waals surface area (Å²) in [5, 5.41) is 7.09. The molecule has 7 nitrogen and oxygen atoms in total. The predicted octanol–water partition coefficient (Wildman–Crippen LogP) is 3.01. The summed E-state index contributed by atoms with van der Waals surface area (Å²) in [5.41, 5.74) is 3.45. The Morgan fingerprint density at radius 2 is 2.00 bits per heavy atom. The number of aromatic amines is 1. The molecule has 26 heavy (non-hydrogen) atoms. The number of aromatic nitrogens is 4. The van der Waals surface area contributed by atoms with Gasteiger partial charge in [-0.25, -0.2) is 17.7 Å². The molecule has 5 rings (SSSR count). The van der Waals surface area contributed by atoms with Crippen LogP contribution in [0.25, 0.3) is 21.6 Å². The number of benzene rings is 1. The van der Waals surface area contributed by atoms with Gasteiger partial charge < -0.3 is 4.57 Å². The Morgan fingerprint density at radius 3 is 2.81 bits per heavy atom. The molecule has 0 atom stereocenters. The molecule has 1 aromatic carbocycles. The van der Waals surface area contributed by atoms with Crippen LogP contribution in [0.1, 0.15) is 5.69 Å². The summed E-state index contributed by atoms with van der Waals surface area (Å²) in [6.07, 6.45) is 0. The lowest BCUT2D eigenvalue weighted by Gasteiger charge is -2.14. The van der Waals surface area contributed by atoms with Crippen LogP contribution in [0.2, 0.25) is 0 Å². The van der Waals surface area contributed by atoms with Crippen LogP contribution in [0.5, 0.6) is 0 Å². The van der Waals surface area contributed by atoms with Crippen molar-refractivity contribution in [2.24, 2.45) is 0 Å². The molecule has 0 saturated carbocycles. The van der Waals surface area contributed by atoms with Crippen molar-refractivity contribution in [2.45, 2.75) is 17.7 Å². The first-order valence-corrected chi connectivity index (χ1v) is 10.4. The third kappa shape index (κ3) is 2.20. The smallest absolute Gasteiger partial charge is 0.276 e. The number of H-pyrrole nitrogens is 1. The summed E-state index contributed by atoms with van der Waals surface area (Å²) < 4.78 is 30.0. The minimum absolute atomic E-state index is 0.300. The third-order valence-electron chi connectivity index (χ3n) is 4.47. The van der Waals surface area contributed by atoms with Crippen LogP contribution in [-0.4, -0.2) is 34.7 Å². The minimum Gasteiger partial charge on any atom is -0.307 e. The molecule has 0 unspecified atom stereocenters. The van der Waals surface area contributed by atoms with Crippen LogP contribution in [0.15, 0.2) is 46.7 Å². The van der Waals surface area contributed by atoms with Gasteiger partial charge in [0, 0.05) is 12.2 Å². The number of fused-ring (bicyclic) bond motifs is 3. The summed E-state index contributed by atoms with van der Waals surface area (Å²) >= 11 is 1.23. The zero-order chi connectivity index (χ0) is 17.9. The van der Waals surface area contributed by atoms with Crippen molar-refractivity contribution in [1.82, 2.24) is 19.7 Å². The maximum Gasteiger partial charge on any atom is 0.276 e. The van der Waals surface area contributed by atoms with Crippen LogP contribution in [0.4, 0.5) is 5.95 Å². The monoisotopic (exact) mass is 385 g/mol. The highest BCUT2D eigenvalue weighted by molar-refractivity contribution is 7.94. The molecule has 1 aliphatic rings. The third-order valence-corrected chi connectivity index (χ3v) is 7.82. The second-order valence-electron chi connectivity index (χ2n) is 6.18. The Bertz CT molecular complexity index is 1240. The SMILES string of the molecule is Cc1cc(-c2ccc(S(=O)(=O)N3CCn4c3nc3ccccc34)s2)n[nH]1. The lowest BCUT2D eigenvalue weighted by Crippen LogP contribution is -2.28. The Morgan fingerprint density at radius 1 is 1.15 bits per heavy atom. The number of nitrogens with zero attached hydrogens (tertiary/aromatic N) is 4. The van der Waals surface area contributed by atoms with Crippen molar-refractivity contribution >= 4 is 38.3 Å². The summed E-state index contributed by atoms with van der Waals surface area (Å²) in [6.45, 7) is 2.91. The van der Waals surface area contributed by atoms with Crippen LogP contribution in [-0.2, 0) is 16.6 Å². The van der Waals surface area contributed by atoms with E-state index in [1.165, 1.54) is 15.6 Å². The molecule has 0 aliphatic carbocycles. The van der Waals surface area contributed by atoms with Crippen LogP contribution in [0, 0.1) is 6.92 Å². The van der Waals surface area contributed by atoms with E-state index in [0.29, 0.717) is 23.2 Å². The maximum atomic E-state index is 13.2. The van der Waals surface area contributed by atoms with Crippen molar-refractivity contribution in [3.05, 3.63) is 48.2 Å². The maximum absolute atomic E-state index is 13.2. The zero-order valence-corrected chi connectivity index (χ0v) is 15.5. The van der Waals surface area contributed by atoms with Crippen LogP contribution >= 0.6 is 11.3 Å². The second-order valence-corrected chi connectivity index (χ2v) is 9.36. The Hall–Kier alpha value is -2.65. The molecular weight excluding hydrogens is 370 g/mol. The highest BCUT2D eigenvalue weighted by Gasteiger charge is 2.34. The van der Waals surface area contributed by atoms with Gasteiger partial charge in [-0.15, -0.1) is 11.3 Å². The first-order chi connectivity index (χ1) is 12.5. The van der Waals surface area contributed by atoms with Crippen LogP contribution < -0.4 is 4.31 Å². The van der Waals surface area contributed by atoms with Crippen molar-refractivity contribution in [3.8, 4) is 10.6 Å². The number of thiophene rings is 1. The van der Waals surface area contributed by atoms with E-state index in [4.69, 9.17) is 0 Å². The molecule has 9 heteroatoms. The van der Waals surface area contributed by atoms with Gasteiger partial charge in [0.25, 0.3) is 10.0 Å². The van der Waals surface area contributed by atoms with Gasteiger partial charge in [-0.2, -0.15) is 5.10 Å². The standard InChI is InChI=1S/C17H15N5O2S2/c1-11-10-13(20-19-11)15-6-7-16(25-15)26(23,24)22-9-8-21-14-5-3-2-4-12(14)18-17(21)22/h2-7,10H,8-9H2,1H3,(H,19,20). The van der Waals surface area contributed by atoms with Crippen molar-refractivity contribution in [1.29, 1.82) is 0 Å². The van der Waals surface area contributed by atoms with Gasteiger partial charge in [-0.1, -0.05) is 12.1 Å². The number of aryl methyl sites for hydroxylation is 1. The van der Waals surface area contributed by atoms with Gasteiger partial charge in [-0.3, -0.25) is 5.10 Å². The molecule has 4 aromatic rings. The Labute approximate surface area is 154 Å². The number of para-hydroxylation sites is 2. The van der Waals surface area contributed by atoms with E-state index in [2.05, 4.69) is 15.2 Å². The van der Waals surface area contributed by atoms with Gasteiger partial charge in [0.1, 0.15) is 9.90 Å². The number of nitrogens with one attached hydrogen (secondary N) is 1. The van der Waals surface area contributed by atoms with Crippen molar-refractivity contribution in [2.75, 3.05) is 10.8 Å². The Kier molecular flexibility index (Phi) is 3.25. The van der Waals surface area contributed by atoms with Gasteiger partial charge >= 0.3 is 0 Å². The topological polar surface area (TPSA) is 83.9 Å². The van der Waals surface area contributed by atoms with E-state index in [9.17, 15) is 8.42 Å². The lowest BCUT2D eigenvalue weighted by atomic mass is 10.3. The van der Waals surface area contributed by atoms with E-state index in [1.54, 1.807) is 12.1 Å². The molecule has 132 valence electrons. The van der Waals surface area contributed by atoms with Crippen LogP contribution in [0.3, 0.4) is 0 Å². The summed E-state index contributed by atoms with van der Waals surface area (Å²) in [5.74, 6) is 0.483. The molecule has 0 spiro atoms. The number of rotatable bonds is 3. The molecule has 1 aliphatic heterocycles. The molecule has 0 fully saturated rings. The molecule has 1 N–H and O–H groups in total. The number of hydrogen-bond acceptors (Lipinski definition) is 5. The quantitative estimate of drug-likeness (QED) is 0.588. The molecule has 0 amide bonds. The van der Waals surface area contributed by atoms with Crippen molar-refractivity contribution < 1.29 is 8.42 Å². The van der Waals surface area contributed by atoms with Gasteiger partial charge in [0.2, 0.25) is 5.95 Å². The van der Waals surface area contributed by atoms with Gasteiger partial charge in [-0.05, 0) is 37.3 Å². The largest absolute Gasteiger partial charge is 0.307 e. The van der Waals surface area contributed by atoms with E-state index in [-0.39, 0.29) is 0 Å². The lowest BCUT2D eigenvalue weighted by molar-refractivity contribution is 0.594.